The summed E-state index contributed by atoms with van der Waals surface area (Å²) in [6.07, 6.45) is 3.48. The Bertz CT molecular complexity index is 1360. The molecule has 2 aliphatic heterocycles. The summed E-state index contributed by atoms with van der Waals surface area (Å²) in [6, 6.07) is 18.6. The van der Waals surface area contributed by atoms with E-state index in [4.69, 9.17) is 24.7 Å². The molecule has 3 heterocycles. The lowest BCUT2D eigenvalue weighted by Crippen LogP contribution is -2.28. The van der Waals surface area contributed by atoms with Crippen LogP contribution >= 0.6 is 0 Å². The van der Waals surface area contributed by atoms with Gasteiger partial charge in [0.05, 0.1) is 5.69 Å². The van der Waals surface area contributed by atoms with Crippen molar-refractivity contribution in [3.05, 3.63) is 84.2 Å². The van der Waals surface area contributed by atoms with E-state index in [9.17, 15) is 4.79 Å². The van der Waals surface area contributed by atoms with Gasteiger partial charge in [0.2, 0.25) is 13.6 Å². The fourth-order valence-electron chi connectivity index (χ4n) is 3.70. The number of benzene rings is 3. The minimum absolute atomic E-state index is 0.239. The smallest absolute Gasteiger partial charge is 0.319 e. The SMILES string of the molecule is NCc1ccc2c(c1)OCO2.O=C(NCc1ccc2c(c1)OCO2)Nc1cccc2cnccc12. The van der Waals surface area contributed by atoms with E-state index < -0.39 is 0 Å². The van der Waals surface area contributed by atoms with E-state index in [1.807, 2.05) is 60.7 Å². The molecule has 9 nitrogen and oxygen atoms in total. The third-order valence-electron chi connectivity index (χ3n) is 5.49. The summed E-state index contributed by atoms with van der Waals surface area (Å²) in [5, 5.41) is 7.64. The van der Waals surface area contributed by atoms with Gasteiger partial charge in [0.15, 0.2) is 23.0 Å². The van der Waals surface area contributed by atoms with Gasteiger partial charge in [-0.2, -0.15) is 0 Å². The fraction of sp³-hybridized carbons (Fsp3) is 0.154. The van der Waals surface area contributed by atoms with Crippen molar-refractivity contribution in [2.75, 3.05) is 18.9 Å². The Kier molecular flexibility index (Phi) is 6.49. The summed E-state index contributed by atoms with van der Waals surface area (Å²) in [5.41, 5.74) is 8.20. The van der Waals surface area contributed by atoms with E-state index in [0.29, 0.717) is 25.6 Å². The maximum absolute atomic E-state index is 12.2. The lowest BCUT2D eigenvalue weighted by atomic mass is 10.1. The largest absolute Gasteiger partial charge is 0.454 e. The lowest BCUT2D eigenvalue weighted by molar-refractivity contribution is 0.173. The number of hydrogen-bond acceptors (Lipinski definition) is 7. The van der Waals surface area contributed by atoms with Crippen LogP contribution in [-0.4, -0.2) is 24.6 Å². The molecule has 178 valence electrons. The molecule has 0 spiro atoms. The highest BCUT2D eigenvalue weighted by atomic mass is 16.7. The molecule has 2 aliphatic rings. The Morgan fingerprint density at radius 3 is 2.29 bits per heavy atom. The third kappa shape index (κ3) is 5.20. The Morgan fingerprint density at radius 1 is 0.857 bits per heavy atom. The van der Waals surface area contributed by atoms with Gasteiger partial charge in [0.1, 0.15) is 0 Å². The first-order valence-electron chi connectivity index (χ1n) is 11.0. The number of fused-ring (bicyclic) bond motifs is 3. The molecule has 35 heavy (non-hydrogen) atoms. The minimum atomic E-state index is -0.267. The Morgan fingerprint density at radius 2 is 1.54 bits per heavy atom. The van der Waals surface area contributed by atoms with Gasteiger partial charge in [-0.1, -0.05) is 24.3 Å². The van der Waals surface area contributed by atoms with Gasteiger partial charge in [-0.05, 0) is 47.5 Å². The molecule has 0 bridgehead atoms. The van der Waals surface area contributed by atoms with Crippen molar-refractivity contribution in [1.82, 2.24) is 10.3 Å². The fourth-order valence-corrected chi connectivity index (χ4v) is 3.70. The second-order valence-corrected chi connectivity index (χ2v) is 7.79. The average Bonchev–Trinajstić information content (AvgIpc) is 3.56. The molecule has 0 unspecified atom stereocenters. The van der Waals surface area contributed by atoms with Crippen LogP contribution in [0.2, 0.25) is 0 Å². The van der Waals surface area contributed by atoms with Crippen LogP contribution in [0.1, 0.15) is 11.1 Å². The molecule has 9 heteroatoms. The number of nitrogens with one attached hydrogen (secondary N) is 2. The van der Waals surface area contributed by atoms with Gasteiger partial charge in [-0.3, -0.25) is 4.98 Å². The number of ether oxygens (including phenoxy) is 4. The maximum Gasteiger partial charge on any atom is 0.319 e. The molecule has 0 aliphatic carbocycles. The van der Waals surface area contributed by atoms with E-state index in [0.717, 1.165) is 44.8 Å². The molecule has 1 aromatic heterocycles. The highest BCUT2D eigenvalue weighted by Crippen LogP contribution is 2.33. The number of nitrogens with zero attached hydrogens (tertiary/aromatic N) is 1. The van der Waals surface area contributed by atoms with Crippen LogP contribution in [0.15, 0.2) is 73.1 Å². The van der Waals surface area contributed by atoms with Crippen molar-refractivity contribution >= 4 is 22.5 Å². The molecule has 0 atom stereocenters. The lowest BCUT2D eigenvalue weighted by Gasteiger charge is -2.10. The molecule has 0 saturated carbocycles. The molecule has 2 amide bonds. The number of carbonyl (C=O) groups is 1. The highest BCUT2D eigenvalue weighted by Gasteiger charge is 2.14. The van der Waals surface area contributed by atoms with E-state index >= 15 is 0 Å². The van der Waals surface area contributed by atoms with Crippen LogP contribution in [0.3, 0.4) is 0 Å². The van der Waals surface area contributed by atoms with E-state index in [2.05, 4.69) is 15.6 Å². The zero-order valence-corrected chi connectivity index (χ0v) is 18.8. The Labute approximate surface area is 201 Å². The van der Waals surface area contributed by atoms with Crippen LogP contribution in [-0.2, 0) is 13.1 Å². The Balaban J connectivity index is 0.000000192. The van der Waals surface area contributed by atoms with Gasteiger partial charge >= 0.3 is 6.03 Å². The van der Waals surface area contributed by atoms with Gasteiger partial charge in [0, 0.05) is 36.3 Å². The zero-order valence-electron chi connectivity index (χ0n) is 18.8. The summed E-state index contributed by atoms with van der Waals surface area (Å²) in [5.74, 6) is 3.04. The zero-order chi connectivity index (χ0) is 24.0. The van der Waals surface area contributed by atoms with Crippen molar-refractivity contribution in [3.63, 3.8) is 0 Å². The predicted octanol–water partition coefficient (Wildman–Crippen LogP) is 4.16. The van der Waals surface area contributed by atoms with Crippen molar-refractivity contribution in [2.45, 2.75) is 13.1 Å². The third-order valence-corrected chi connectivity index (χ3v) is 5.49. The van der Waals surface area contributed by atoms with Crippen molar-refractivity contribution in [1.29, 1.82) is 0 Å². The number of aromatic nitrogens is 1. The second-order valence-electron chi connectivity index (χ2n) is 7.79. The predicted molar refractivity (Wildman–Crippen MR) is 131 cm³/mol. The number of amides is 2. The molecular weight excluding hydrogens is 448 g/mol. The van der Waals surface area contributed by atoms with Crippen LogP contribution < -0.4 is 35.3 Å². The average molecular weight is 473 g/mol. The summed E-state index contributed by atoms with van der Waals surface area (Å²) >= 11 is 0. The first-order chi connectivity index (χ1) is 17.2. The molecule has 0 fully saturated rings. The van der Waals surface area contributed by atoms with Crippen molar-refractivity contribution in [2.24, 2.45) is 5.73 Å². The van der Waals surface area contributed by atoms with Crippen molar-refractivity contribution in [3.8, 4) is 23.0 Å². The van der Waals surface area contributed by atoms with E-state index in [1.54, 1.807) is 12.4 Å². The summed E-state index contributed by atoms with van der Waals surface area (Å²) in [4.78, 5) is 16.3. The summed E-state index contributed by atoms with van der Waals surface area (Å²) < 4.78 is 20.9. The van der Waals surface area contributed by atoms with Crippen molar-refractivity contribution < 1.29 is 23.7 Å². The molecule has 6 rings (SSSR count). The van der Waals surface area contributed by atoms with Gasteiger partial charge in [0.25, 0.3) is 0 Å². The van der Waals surface area contributed by atoms with Crippen LogP contribution in [0, 0.1) is 0 Å². The van der Waals surface area contributed by atoms with Gasteiger partial charge < -0.3 is 35.3 Å². The molecule has 0 saturated heterocycles. The van der Waals surface area contributed by atoms with E-state index in [1.165, 1.54) is 0 Å². The van der Waals surface area contributed by atoms with Gasteiger partial charge in [-0.15, -0.1) is 0 Å². The molecule has 3 aromatic carbocycles. The number of nitrogens with two attached hydrogens (primary N) is 1. The molecular formula is C26H24N4O5. The standard InChI is InChI=1S/C18H15N3O3.C8H9NO2/c22-18(20-9-12-4-5-16-17(8-12)24-11-23-16)21-15-3-1-2-13-10-19-7-6-14(13)15;9-4-6-1-2-7-8(3-6)11-5-10-7/h1-8,10H,9,11H2,(H2,20,21,22);1-3H,4-5,9H2. The first-order valence-corrected chi connectivity index (χ1v) is 11.0. The topological polar surface area (TPSA) is 117 Å². The highest BCUT2D eigenvalue weighted by molar-refractivity contribution is 6.01. The van der Waals surface area contributed by atoms with Crippen LogP contribution in [0.4, 0.5) is 10.5 Å². The maximum atomic E-state index is 12.2. The molecule has 0 radical (unpaired) electrons. The van der Waals surface area contributed by atoms with Crippen LogP contribution in [0.5, 0.6) is 23.0 Å². The van der Waals surface area contributed by atoms with Crippen LogP contribution in [0.25, 0.3) is 10.8 Å². The molecule has 4 N–H and O–H groups in total. The normalized spacial score (nSPS) is 12.6. The second kappa shape index (κ2) is 10.2. The quantitative estimate of drug-likeness (QED) is 0.408. The Hall–Kier alpha value is -4.50. The van der Waals surface area contributed by atoms with Gasteiger partial charge in [-0.25, -0.2) is 4.79 Å². The first kappa shape index (κ1) is 22.3. The number of carbonyl (C=O) groups excluding carboxylic acids is 1. The van der Waals surface area contributed by atoms with E-state index in [-0.39, 0.29) is 12.8 Å². The number of anilines is 1. The number of urea groups is 1. The monoisotopic (exact) mass is 472 g/mol. The summed E-state index contributed by atoms with van der Waals surface area (Å²) in [6.45, 7) is 1.50. The number of pyridine rings is 1. The number of rotatable bonds is 4. The minimum Gasteiger partial charge on any atom is -0.454 e. The number of hydrogen-bond donors (Lipinski definition) is 3. The molecule has 4 aromatic rings. The summed E-state index contributed by atoms with van der Waals surface area (Å²) in [7, 11) is 0.